The Hall–Kier alpha value is -0.120. The molecule has 7 unspecified atom stereocenters. The second-order valence-electron chi connectivity index (χ2n) is 6.85. The zero-order chi connectivity index (χ0) is 12.1. The molecule has 3 nitrogen and oxygen atoms in total. The third-order valence-corrected chi connectivity index (χ3v) is 5.43. The Labute approximate surface area is 109 Å². The summed E-state index contributed by atoms with van der Waals surface area (Å²) in [5, 5.41) is 0. The second-order valence-corrected chi connectivity index (χ2v) is 6.85. The fourth-order valence-electron chi connectivity index (χ4n) is 3.94. The Bertz CT molecular complexity index is 319. The van der Waals surface area contributed by atoms with E-state index < -0.39 is 0 Å². The van der Waals surface area contributed by atoms with Gasteiger partial charge in [0.2, 0.25) is 0 Å². The van der Waals surface area contributed by atoms with Gasteiger partial charge >= 0.3 is 0 Å². The van der Waals surface area contributed by atoms with Crippen molar-refractivity contribution in [2.75, 3.05) is 13.2 Å². The average molecular weight is 252 g/mol. The number of epoxide rings is 2. The fraction of sp³-hybridized carbons (Fsp3) is 1.00. The minimum atomic E-state index is 0.574. The quantitative estimate of drug-likeness (QED) is 0.720. The van der Waals surface area contributed by atoms with Crippen LogP contribution < -0.4 is 0 Å². The topological polar surface area (TPSA) is 34.3 Å². The van der Waals surface area contributed by atoms with Crippen molar-refractivity contribution in [3.63, 3.8) is 0 Å². The van der Waals surface area contributed by atoms with Crippen molar-refractivity contribution in [3.8, 4) is 0 Å². The standard InChI is InChI=1S/C15H24O3/c1-9-4-13-15(18-13)6-11(9)8-16-7-10-2-3-12-14(5-10)17-12/h9-15H,2-8H2,1H3. The molecule has 2 saturated heterocycles. The van der Waals surface area contributed by atoms with E-state index in [-0.39, 0.29) is 0 Å². The number of hydrogen-bond acceptors (Lipinski definition) is 3. The van der Waals surface area contributed by atoms with Crippen LogP contribution >= 0.6 is 0 Å². The summed E-state index contributed by atoms with van der Waals surface area (Å²) >= 11 is 0. The van der Waals surface area contributed by atoms with Gasteiger partial charge in [-0.15, -0.1) is 0 Å². The first-order valence-electron chi connectivity index (χ1n) is 7.68. The molecule has 4 rings (SSSR count). The molecule has 2 aliphatic heterocycles. The molecule has 4 fully saturated rings. The minimum absolute atomic E-state index is 0.574. The van der Waals surface area contributed by atoms with E-state index in [9.17, 15) is 0 Å². The van der Waals surface area contributed by atoms with Crippen molar-refractivity contribution in [1.82, 2.24) is 0 Å². The molecule has 0 bridgehead atoms. The molecule has 0 aromatic rings. The predicted octanol–water partition coefficient (Wildman–Crippen LogP) is 2.38. The van der Waals surface area contributed by atoms with Crippen molar-refractivity contribution in [2.24, 2.45) is 17.8 Å². The van der Waals surface area contributed by atoms with Crippen LogP contribution in [0.3, 0.4) is 0 Å². The lowest BCUT2D eigenvalue weighted by Gasteiger charge is -2.27. The van der Waals surface area contributed by atoms with Crippen LogP contribution in [-0.4, -0.2) is 37.6 Å². The second kappa shape index (κ2) is 4.46. The fourth-order valence-corrected chi connectivity index (χ4v) is 3.94. The molecule has 0 spiro atoms. The molecule has 0 radical (unpaired) electrons. The zero-order valence-corrected chi connectivity index (χ0v) is 11.2. The molecule has 0 amide bonds. The van der Waals surface area contributed by atoms with Gasteiger partial charge in [0, 0.05) is 13.2 Å². The molecule has 0 aromatic heterocycles. The van der Waals surface area contributed by atoms with Gasteiger partial charge in [-0.05, 0) is 49.9 Å². The van der Waals surface area contributed by atoms with Gasteiger partial charge < -0.3 is 14.2 Å². The molecule has 4 aliphatic rings. The maximum absolute atomic E-state index is 6.01. The predicted molar refractivity (Wildman–Crippen MR) is 67.4 cm³/mol. The number of rotatable bonds is 4. The normalized spacial score (nSPS) is 53.5. The lowest BCUT2D eigenvalue weighted by molar-refractivity contribution is 0.0403. The van der Waals surface area contributed by atoms with E-state index in [4.69, 9.17) is 14.2 Å². The van der Waals surface area contributed by atoms with Crippen molar-refractivity contribution in [3.05, 3.63) is 0 Å². The van der Waals surface area contributed by atoms with Gasteiger partial charge in [-0.1, -0.05) is 6.92 Å². The molecule has 7 atom stereocenters. The Morgan fingerprint density at radius 2 is 1.67 bits per heavy atom. The van der Waals surface area contributed by atoms with Crippen LogP contribution in [0, 0.1) is 17.8 Å². The zero-order valence-electron chi connectivity index (χ0n) is 11.2. The van der Waals surface area contributed by atoms with Gasteiger partial charge in [0.1, 0.15) is 0 Å². The van der Waals surface area contributed by atoms with Gasteiger partial charge in [0.25, 0.3) is 0 Å². The van der Waals surface area contributed by atoms with E-state index in [1.165, 1.54) is 32.1 Å². The van der Waals surface area contributed by atoms with Crippen LogP contribution in [-0.2, 0) is 14.2 Å². The molecule has 2 heterocycles. The highest BCUT2D eigenvalue weighted by Gasteiger charge is 2.47. The molecule has 2 saturated carbocycles. The van der Waals surface area contributed by atoms with Crippen LogP contribution in [0.25, 0.3) is 0 Å². The molecule has 102 valence electrons. The summed E-state index contributed by atoms with van der Waals surface area (Å²) in [7, 11) is 0. The monoisotopic (exact) mass is 252 g/mol. The summed E-state index contributed by atoms with van der Waals surface area (Å²) in [5.41, 5.74) is 0. The van der Waals surface area contributed by atoms with Gasteiger partial charge in [0.15, 0.2) is 0 Å². The lowest BCUT2D eigenvalue weighted by Crippen LogP contribution is -2.27. The first-order chi connectivity index (χ1) is 8.79. The number of ether oxygens (including phenoxy) is 3. The van der Waals surface area contributed by atoms with E-state index in [1.54, 1.807) is 0 Å². The van der Waals surface area contributed by atoms with E-state index in [1.807, 2.05) is 0 Å². The molecule has 18 heavy (non-hydrogen) atoms. The van der Waals surface area contributed by atoms with Crippen molar-refractivity contribution >= 4 is 0 Å². The summed E-state index contributed by atoms with van der Waals surface area (Å²) in [5.74, 6) is 2.25. The van der Waals surface area contributed by atoms with Gasteiger partial charge in [-0.25, -0.2) is 0 Å². The minimum Gasteiger partial charge on any atom is -0.381 e. The molecule has 0 N–H and O–H groups in total. The number of fused-ring (bicyclic) bond motifs is 2. The third-order valence-electron chi connectivity index (χ3n) is 5.43. The van der Waals surface area contributed by atoms with Crippen molar-refractivity contribution in [2.45, 2.75) is 63.4 Å². The van der Waals surface area contributed by atoms with Crippen LogP contribution in [0.2, 0.25) is 0 Å². The molecule has 0 aromatic carbocycles. The highest BCUT2D eigenvalue weighted by Crippen LogP contribution is 2.43. The van der Waals surface area contributed by atoms with Crippen LogP contribution in [0.15, 0.2) is 0 Å². The summed E-state index contributed by atoms with van der Waals surface area (Å²) in [6, 6.07) is 0. The SMILES string of the molecule is CC1CC2OC2CC1COCC1CCC2OC2C1. The van der Waals surface area contributed by atoms with E-state index >= 15 is 0 Å². The van der Waals surface area contributed by atoms with Crippen LogP contribution in [0.5, 0.6) is 0 Å². The van der Waals surface area contributed by atoms with Crippen LogP contribution in [0.4, 0.5) is 0 Å². The summed E-state index contributed by atoms with van der Waals surface area (Å²) in [6.45, 7) is 4.25. The Kier molecular flexibility index (Phi) is 2.90. The Morgan fingerprint density at radius 3 is 2.56 bits per heavy atom. The van der Waals surface area contributed by atoms with E-state index in [0.29, 0.717) is 24.4 Å². The highest BCUT2D eigenvalue weighted by molar-refractivity contribution is 4.95. The maximum atomic E-state index is 6.01. The van der Waals surface area contributed by atoms with Crippen molar-refractivity contribution in [1.29, 1.82) is 0 Å². The first kappa shape index (κ1) is 11.7. The molecular weight excluding hydrogens is 228 g/mol. The average Bonchev–Trinajstić information content (AvgIpc) is 3.22. The highest BCUT2D eigenvalue weighted by atomic mass is 16.6. The third kappa shape index (κ3) is 2.33. The largest absolute Gasteiger partial charge is 0.381 e. The smallest absolute Gasteiger partial charge is 0.0845 e. The maximum Gasteiger partial charge on any atom is 0.0845 e. The molecular formula is C15H24O3. The van der Waals surface area contributed by atoms with Crippen LogP contribution in [0.1, 0.15) is 39.0 Å². The molecule has 2 aliphatic carbocycles. The van der Waals surface area contributed by atoms with Gasteiger partial charge in [-0.2, -0.15) is 0 Å². The first-order valence-corrected chi connectivity index (χ1v) is 7.68. The lowest BCUT2D eigenvalue weighted by atomic mass is 9.81. The number of hydrogen-bond donors (Lipinski definition) is 0. The van der Waals surface area contributed by atoms with Gasteiger partial charge in [0.05, 0.1) is 24.4 Å². The van der Waals surface area contributed by atoms with E-state index in [0.717, 1.165) is 31.0 Å². The summed E-state index contributed by atoms with van der Waals surface area (Å²) in [4.78, 5) is 0. The summed E-state index contributed by atoms with van der Waals surface area (Å²) in [6.07, 6.45) is 8.64. The molecule has 3 heteroatoms. The Balaban J connectivity index is 1.19. The van der Waals surface area contributed by atoms with Crippen molar-refractivity contribution < 1.29 is 14.2 Å². The summed E-state index contributed by atoms with van der Waals surface area (Å²) < 4.78 is 17.2. The Morgan fingerprint density at radius 1 is 0.889 bits per heavy atom. The van der Waals surface area contributed by atoms with Gasteiger partial charge in [-0.3, -0.25) is 0 Å². The van der Waals surface area contributed by atoms with E-state index in [2.05, 4.69) is 6.92 Å².